The van der Waals surface area contributed by atoms with Gasteiger partial charge < -0.3 is 15.0 Å². The van der Waals surface area contributed by atoms with Gasteiger partial charge in [-0.05, 0) is 12.8 Å². The van der Waals surface area contributed by atoms with Crippen LogP contribution in [-0.2, 0) is 20.1 Å². The molecule has 0 aliphatic rings. The largest absolute Gasteiger partial charge is 0.395 e. The summed E-state index contributed by atoms with van der Waals surface area (Å²) in [7, 11) is 1.48. The van der Waals surface area contributed by atoms with Gasteiger partial charge in [-0.2, -0.15) is 4.98 Å². The van der Waals surface area contributed by atoms with Crippen molar-refractivity contribution in [2.24, 2.45) is 13.0 Å². The molecule has 2 rings (SSSR count). The van der Waals surface area contributed by atoms with Crippen LogP contribution < -0.4 is 16.6 Å². The van der Waals surface area contributed by atoms with Gasteiger partial charge in [0.15, 0.2) is 11.2 Å². The number of anilines is 1. The summed E-state index contributed by atoms with van der Waals surface area (Å²) in [5, 5.41) is 12.0. The third kappa shape index (κ3) is 2.66. The Morgan fingerprint density at radius 1 is 1.27 bits per heavy atom. The second-order valence-corrected chi connectivity index (χ2v) is 5.65. The number of nitrogens with zero attached hydrogens (tertiary/aromatic N) is 4. The van der Waals surface area contributed by atoms with Crippen LogP contribution in [0.15, 0.2) is 9.59 Å². The molecule has 0 saturated heterocycles. The van der Waals surface area contributed by atoms with E-state index in [0.717, 1.165) is 4.57 Å². The maximum Gasteiger partial charge on any atom is 0.332 e. The third-order valence-electron chi connectivity index (χ3n) is 3.49. The summed E-state index contributed by atoms with van der Waals surface area (Å²) in [6.07, 6.45) is 0. The number of aliphatic hydroxyl groups is 1. The molecule has 0 amide bonds. The Morgan fingerprint density at radius 3 is 2.50 bits per heavy atom. The van der Waals surface area contributed by atoms with Crippen molar-refractivity contribution in [3.8, 4) is 0 Å². The van der Waals surface area contributed by atoms with Crippen molar-refractivity contribution in [3.05, 3.63) is 20.8 Å². The summed E-state index contributed by atoms with van der Waals surface area (Å²) >= 11 is 0. The van der Waals surface area contributed by atoms with Gasteiger partial charge in [0.2, 0.25) is 5.95 Å². The highest BCUT2D eigenvalue weighted by Crippen LogP contribution is 2.16. The van der Waals surface area contributed by atoms with Crippen molar-refractivity contribution in [1.29, 1.82) is 0 Å². The zero-order valence-corrected chi connectivity index (χ0v) is 13.5. The van der Waals surface area contributed by atoms with Gasteiger partial charge in [0.05, 0.1) is 6.61 Å². The Hall–Kier alpha value is -2.09. The first-order chi connectivity index (χ1) is 10.4. The van der Waals surface area contributed by atoms with Crippen molar-refractivity contribution >= 4 is 17.1 Å². The summed E-state index contributed by atoms with van der Waals surface area (Å²) in [4.78, 5) is 29.3. The van der Waals surface area contributed by atoms with Gasteiger partial charge in [0.25, 0.3) is 5.56 Å². The Kier molecular flexibility index (Phi) is 4.70. The van der Waals surface area contributed by atoms with Crippen molar-refractivity contribution < 1.29 is 5.11 Å². The standard InChI is InChI=1S/C14H23N5O3/c1-5-18-10-11(16-13(18)15-6-7-20)19(8-9(2)3)14(22)17(4)12(10)21/h9,20H,5-8H2,1-4H3,(H,15,16). The number of rotatable bonds is 6. The summed E-state index contributed by atoms with van der Waals surface area (Å²) in [6.45, 7) is 7.24. The number of imidazole rings is 1. The van der Waals surface area contributed by atoms with E-state index < -0.39 is 0 Å². The van der Waals surface area contributed by atoms with E-state index in [9.17, 15) is 9.59 Å². The van der Waals surface area contributed by atoms with E-state index >= 15 is 0 Å². The average molecular weight is 309 g/mol. The Labute approximate surface area is 128 Å². The molecule has 0 aliphatic heterocycles. The van der Waals surface area contributed by atoms with Crippen molar-refractivity contribution in [3.63, 3.8) is 0 Å². The Morgan fingerprint density at radius 2 is 1.95 bits per heavy atom. The molecule has 22 heavy (non-hydrogen) atoms. The lowest BCUT2D eigenvalue weighted by Gasteiger charge is -2.11. The Bertz CT molecular complexity index is 784. The number of hydrogen-bond donors (Lipinski definition) is 2. The third-order valence-corrected chi connectivity index (χ3v) is 3.49. The first-order valence-electron chi connectivity index (χ1n) is 7.47. The van der Waals surface area contributed by atoms with Crippen LogP contribution >= 0.6 is 0 Å². The van der Waals surface area contributed by atoms with Crippen LogP contribution in [0.1, 0.15) is 20.8 Å². The maximum absolute atomic E-state index is 12.5. The number of fused-ring (bicyclic) bond motifs is 1. The number of nitrogens with one attached hydrogen (secondary N) is 1. The van der Waals surface area contributed by atoms with Crippen molar-refractivity contribution in [2.75, 3.05) is 18.5 Å². The normalized spacial score (nSPS) is 11.5. The van der Waals surface area contributed by atoms with Gasteiger partial charge >= 0.3 is 5.69 Å². The smallest absolute Gasteiger partial charge is 0.332 e. The predicted octanol–water partition coefficient (Wildman–Crippen LogP) is -0.0232. The fourth-order valence-corrected chi connectivity index (χ4v) is 2.50. The van der Waals surface area contributed by atoms with Crippen LogP contribution in [0, 0.1) is 5.92 Å². The molecule has 0 spiro atoms. The molecule has 2 aromatic heterocycles. The average Bonchev–Trinajstić information content (AvgIpc) is 2.85. The van der Waals surface area contributed by atoms with Crippen LogP contribution in [0.25, 0.3) is 11.2 Å². The number of aryl methyl sites for hydroxylation is 1. The second-order valence-electron chi connectivity index (χ2n) is 5.65. The minimum absolute atomic E-state index is 0.0380. The lowest BCUT2D eigenvalue weighted by molar-refractivity contribution is 0.310. The van der Waals surface area contributed by atoms with Gasteiger partial charge in [0.1, 0.15) is 0 Å². The lowest BCUT2D eigenvalue weighted by Crippen LogP contribution is -2.39. The van der Waals surface area contributed by atoms with Crippen molar-refractivity contribution in [2.45, 2.75) is 33.9 Å². The van der Waals surface area contributed by atoms with E-state index in [2.05, 4.69) is 10.3 Å². The summed E-state index contributed by atoms with van der Waals surface area (Å²) in [6, 6.07) is 0. The quantitative estimate of drug-likeness (QED) is 0.782. The molecule has 8 nitrogen and oxygen atoms in total. The molecule has 0 aromatic carbocycles. The molecule has 0 aliphatic carbocycles. The highest BCUT2D eigenvalue weighted by atomic mass is 16.3. The first kappa shape index (κ1) is 16.3. The molecule has 0 unspecified atom stereocenters. The summed E-state index contributed by atoms with van der Waals surface area (Å²) in [5.74, 6) is 0.741. The lowest BCUT2D eigenvalue weighted by atomic mass is 10.2. The molecular formula is C14H23N5O3. The molecule has 122 valence electrons. The highest BCUT2D eigenvalue weighted by Gasteiger charge is 2.19. The minimum Gasteiger partial charge on any atom is -0.395 e. The molecule has 2 heterocycles. The second kappa shape index (κ2) is 6.35. The van der Waals surface area contributed by atoms with Gasteiger partial charge in [-0.3, -0.25) is 13.9 Å². The molecule has 0 saturated carbocycles. The number of hydrogen-bond acceptors (Lipinski definition) is 5. The first-order valence-corrected chi connectivity index (χ1v) is 7.47. The van der Waals surface area contributed by atoms with Gasteiger partial charge in [0, 0.05) is 26.7 Å². The van der Waals surface area contributed by atoms with E-state index in [1.807, 2.05) is 20.8 Å². The molecule has 0 radical (unpaired) electrons. The van der Waals surface area contributed by atoms with E-state index in [1.54, 1.807) is 4.57 Å². The summed E-state index contributed by atoms with van der Waals surface area (Å²) in [5.41, 5.74) is 0.0850. The topological polar surface area (TPSA) is 94.1 Å². The number of aromatic nitrogens is 4. The van der Waals surface area contributed by atoms with Gasteiger partial charge in [-0.25, -0.2) is 4.79 Å². The van der Waals surface area contributed by atoms with E-state index in [0.29, 0.717) is 36.7 Å². The van der Waals surface area contributed by atoms with E-state index in [4.69, 9.17) is 5.11 Å². The molecule has 2 N–H and O–H groups in total. The van der Waals surface area contributed by atoms with Crippen LogP contribution in [0.3, 0.4) is 0 Å². The fraction of sp³-hybridized carbons (Fsp3) is 0.643. The minimum atomic E-state index is -0.360. The molecule has 8 heteroatoms. The van der Waals surface area contributed by atoms with Gasteiger partial charge in [-0.1, -0.05) is 13.8 Å². The molecular weight excluding hydrogens is 286 g/mol. The molecule has 0 atom stereocenters. The highest BCUT2D eigenvalue weighted by molar-refractivity contribution is 5.74. The van der Waals surface area contributed by atoms with Crippen molar-refractivity contribution in [1.82, 2.24) is 18.7 Å². The van der Waals surface area contributed by atoms with Crippen LogP contribution in [0.4, 0.5) is 5.95 Å². The van der Waals surface area contributed by atoms with Gasteiger partial charge in [-0.15, -0.1) is 0 Å². The van der Waals surface area contributed by atoms with Crippen LogP contribution in [0.5, 0.6) is 0 Å². The fourth-order valence-electron chi connectivity index (χ4n) is 2.50. The Balaban J connectivity index is 2.82. The molecule has 2 aromatic rings. The SMILES string of the molecule is CCn1c(NCCO)nc2c1c(=O)n(C)c(=O)n2CC(C)C. The monoisotopic (exact) mass is 309 g/mol. The molecule has 0 fully saturated rings. The predicted molar refractivity (Wildman–Crippen MR) is 85.3 cm³/mol. The van der Waals surface area contributed by atoms with Crippen LogP contribution in [-0.4, -0.2) is 36.9 Å². The maximum atomic E-state index is 12.5. The van der Waals surface area contributed by atoms with E-state index in [-0.39, 0.29) is 23.8 Å². The zero-order valence-electron chi connectivity index (χ0n) is 13.5. The molecule has 0 bridgehead atoms. The summed E-state index contributed by atoms with van der Waals surface area (Å²) < 4.78 is 4.40. The van der Waals surface area contributed by atoms with E-state index in [1.165, 1.54) is 11.6 Å². The zero-order chi connectivity index (χ0) is 16.4. The number of aliphatic hydroxyl groups excluding tert-OH is 1. The van der Waals surface area contributed by atoms with Crippen LogP contribution in [0.2, 0.25) is 0 Å².